The SMILES string of the molecule is CCOc1ccc(CCNC(=O)C2CC(=O)N(C)C(=Nc3cccc(OC)c3)S2)cc1OCC. The quantitative estimate of drug-likeness (QED) is 0.551. The van der Waals surface area contributed by atoms with Crippen molar-refractivity contribution in [2.45, 2.75) is 31.9 Å². The van der Waals surface area contributed by atoms with Crippen LogP contribution in [0.2, 0.25) is 0 Å². The van der Waals surface area contributed by atoms with E-state index in [1.807, 2.05) is 50.2 Å². The van der Waals surface area contributed by atoms with E-state index < -0.39 is 5.25 Å². The fourth-order valence-electron chi connectivity index (χ4n) is 3.38. The zero-order valence-electron chi connectivity index (χ0n) is 20.0. The molecule has 0 bridgehead atoms. The second kappa shape index (κ2) is 12.3. The first-order valence-corrected chi connectivity index (χ1v) is 12.1. The van der Waals surface area contributed by atoms with Gasteiger partial charge in [-0.05, 0) is 50.1 Å². The monoisotopic (exact) mass is 485 g/mol. The molecule has 0 spiro atoms. The largest absolute Gasteiger partial charge is 0.497 e. The maximum Gasteiger partial charge on any atom is 0.234 e. The summed E-state index contributed by atoms with van der Waals surface area (Å²) in [5, 5.41) is 2.90. The number of carbonyl (C=O) groups excluding carboxylic acids is 2. The van der Waals surface area contributed by atoms with Crippen LogP contribution < -0.4 is 19.5 Å². The van der Waals surface area contributed by atoms with Gasteiger partial charge < -0.3 is 19.5 Å². The van der Waals surface area contributed by atoms with E-state index in [9.17, 15) is 9.59 Å². The average molecular weight is 486 g/mol. The van der Waals surface area contributed by atoms with Crippen LogP contribution in [0.1, 0.15) is 25.8 Å². The average Bonchev–Trinajstić information content (AvgIpc) is 2.83. The van der Waals surface area contributed by atoms with E-state index in [1.165, 1.54) is 16.7 Å². The summed E-state index contributed by atoms with van der Waals surface area (Å²) < 4.78 is 16.5. The molecule has 1 atom stereocenters. The molecule has 0 saturated carbocycles. The lowest BCUT2D eigenvalue weighted by Crippen LogP contribution is -2.45. The summed E-state index contributed by atoms with van der Waals surface area (Å²) in [7, 11) is 3.26. The third-order valence-corrected chi connectivity index (χ3v) is 6.40. The molecule has 182 valence electrons. The van der Waals surface area contributed by atoms with E-state index in [1.54, 1.807) is 20.2 Å². The minimum Gasteiger partial charge on any atom is -0.497 e. The Hall–Kier alpha value is -3.20. The van der Waals surface area contributed by atoms with Crippen LogP contribution in [0.3, 0.4) is 0 Å². The highest BCUT2D eigenvalue weighted by Crippen LogP contribution is 2.30. The van der Waals surface area contributed by atoms with E-state index in [0.29, 0.717) is 54.3 Å². The van der Waals surface area contributed by atoms with Crippen molar-refractivity contribution in [1.82, 2.24) is 10.2 Å². The lowest BCUT2D eigenvalue weighted by atomic mass is 10.1. The van der Waals surface area contributed by atoms with Crippen molar-refractivity contribution in [1.29, 1.82) is 0 Å². The van der Waals surface area contributed by atoms with E-state index in [2.05, 4.69) is 10.3 Å². The number of hydrogen-bond acceptors (Lipinski definition) is 7. The fourth-order valence-corrected chi connectivity index (χ4v) is 4.47. The summed E-state index contributed by atoms with van der Waals surface area (Å²) in [6.07, 6.45) is 0.760. The van der Waals surface area contributed by atoms with Crippen molar-refractivity contribution in [3.63, 3.8) is 0 Å². The van der Waals surface area contributed by atoms with E-state index in [0.717, 1.165) is 5.56 Å². The first-order chi connectivity index (χ1) is 16.4. The van der Waals surface area contributed by atoms with E-state index in [-0.39, 0.29) is 18.2 Å². The van der Waals surface area contributed by atoms with Gasteiger partial charge in [0.15, 0.2) is 16.7 Å². The van der Waals surface area contributed by atoms with E-state index in [4.69, 9.17) is 14.2 Å². The number of aliphatic imine (C=N–C) groups is 1. The molecule has 1 aliphatic rings. The Bertz CT molecular complexity index is 1040. The van der Waals surface area contributed by atoms with E-state index >= 15 is 0 Å². The van der Waals surface area contributed by atoms with Gasteiger partial charge in [0.1, 0.15) is 5.75 Å². The molecule has 1 saturated heterocycles. The van der Waals surface area contributed by atoms with Gasteiger partial charge in [-0.2, -0.15) is 0 Å². The number of hydrogen-bond donors (Lipinski definition) is 1. The summed E-state index contributed by atoms with van der Waals surface area (Å²) in [5.74, 6) is 1.76. The van der Waals surface area contributed by atoms with Crippen molar-refractivity contribution in [2.24, 2.45) is 4.99 Å². The molecule has 1 aliphatic heterocycles. The highest BCUT2D eigenvalue weighted by Gasteiger charge is 2.33. The minimum atomic E-state index is -0.535. The van der Waals surface area contributed by atoms with Crippen LogP contribution in [0.15, 0.2) is 47.5 Å². The predicted molar refractivity (Wildman–Crippen MR) is 134 cm³/mol. The third-order valence-electron chi connectivity index (χ3n) is 5.16. The molecule has 0 aromatic heterocycles. The van der Waals surface area contributed by atoms with Gasteiger partial charge in [-0.15, -0.1) is 0 Å². The normalized spacial score (nSPS) is 16.9. The number of rotatable bonds is 10. The van der Waals surface area contributed by atoms with Gasteiger partial charge in [-0.1, -0.05) is 23.9 Å². The van der Waals surface area contributed by atoms with Gasteiger partial charge in [-0.3, -0.25) is 14.5 Å². The second-order valence-corrected chi connectivity index (χ2v) is 8.72. The number of amides is 2. The third kappa shape index (κ3) is 6.66. The van der Waals surface area contributed by atoms with Crippen molar-refractivity contribution in [2.75, 3.05) is 33.9 Å². The van der Waals surface area contributed by atoms with Gasteiger partial charge in [0.05, 0.1) is 31.3 Å². The molecule has 2 aromatic rings. The number of nitrogens with one attached hydrogen (secondary N) is 1. The molecule has 1 heterocycles. The lowest BCUT2D eigenvalue weighted by molar-refractivity contribution is -0.129. The molecule has 1 N–H and O–H groups in total. The van der Waals surface area contributed by atoms with Gasteiger partial charge in [0.2, 0.25) is 11.8 Å². The topological polar surface area (TPSA) is 89.5 Å². The summed E-state index contributed by atoms with van der Waals surface area (Å²) in [4.78, 5) is 31.4. The van der Waals surface area contributed by atoms with Crippen molar-refractivity contribution < 1.29 is 23.8 Å². The minimum absolute atomic E-state index is 0.127. The van der Waals surface area contributed by atoms with Crippen molar-refractivity contribution in [3.05, 3.63) is 48.0 Å². The second-order valence-electron chi connectivity index (χ2n) is 7.55. The number of amidine groups is 1. The Morgan fingerprint density at radius 2 is 1.91 bits per heavy atom. The van der Waals surface area contributed by atoms with Crippen molar-refractivity contribution in [3.8, 4) is 17.2 Å². The first kappa shape index (κ1) is 25.4. The predicted octanol–water partition coefficient (Wildman–Crippen LogP) is 3.80. The Morgan fingerprint density at radius 3 is 2.65 bits per heavy atom. The van der Waals surface area contributed by atoms with Crippen LogP contribution in [0.5, 0.6) is 17.2 Å². The maximum absolute atomic E-state index is 12.8. The molecule has 1 fully saturated rings. The maximum atomic E-state index is 12.8. The fraction of sp³-hybridized carbons (Fsp3) is 0.400. The number of benzene rings is 2. The first-order valence-electron chi connectivity index (χ1n) is 11.3. The molecule has 0 radical (unpaired) electrons. The highest BCUT2D eigenvalue weighted by atomic mass is 32.2. The van der Waals surface area contributed by atoms with Crippen LogP contribution in [-0.2, 0) is 16.0 Å². The molecule has 0 aliphatic carbocycles. The van der Waals surface area contributed by atoms with Crippen LogP contribution >= 0.6 is 11.8 Å². The zero-order valence-corrected chi connectivity index (χ0v) is 20.8. The molecule has 34 heavy (non-hydrogen) atoms. The Labute approximate surface area is 204 Å². The molecule has 3 rings (SSSR count). The van der Waals surface area contributed by atoms with Crippen LogP contribution in [0.4, 0.5) is 5.69 Å². The molecule has 9 heteroatoms. The molecule has 8 nitrogen and oxygen atoms in total. The van der Waals surface area contributed by atoms with Crippen LogP contribution in [-0.4, -0.2) is 61.0 Å². The van der Waals surface area contributed by atoms with Gasteiger partial charge in [-0.25, -0.2) is 4.99 Å². The molecular formula is C25H31N3O5S. The van der Waals surface area contributed by atoms with Gasteiger partial charge in [0.25, 0.3) is 0 Å². The van der Waals surface area contributed by atoms with Crippen molar-refractivity contribution >= 4 is 34.4 Å². The number of ether oxygens (including phenoxy) is 3. The summed E-state index contributed by atoms with van der Waals surface area (Å²) in [5.41, 5.74) is 1.68. The van der Waals surface area contributed by atoms with Crippen LogP contribution in [0, 0.1) is 0 Å². The van der Waals surface area contributed by atoms with Gasteiger partial charge in [0, 0.05) is 26.1 Å². The molecule has 2 aromatic carbocycles. The number of nitrogens with zero attached hydrogens (tertiary/aromatic N) is 2. The highest BCUT2D eigenvalue weighted by molar-refractivity contribution is 8.15. The summed E-state index contributed by atoms with van der Waals surface area (Å²) >= 11 is 1.29. The van der Waals surface area contributed by atoms with Gasteiger partial charge >= 0.3 is 0 Å². The molecular weight excluding hydrogens is 454 g/mol. The van der Waals surface area contributed by atoms with Crippen LogP contribution in [0.25, 0.3) is 0 Å². The zero-order chi connectivity index (χ0) is 24.5. The lowest BCUT2D eigenvalue weighted by Gasteiger charge is -2.28. The molecule has 1 unspecified atom stereocenters. The smallest absolute Gasteiger partial charge is 0.234 e. The summed E-state index contributed by atoms with van der Waals surface area (Å²) in [6.45, 7) is 5.40. The number of methoxy groups -OCH3 is 1. The number of thioether (sulfide) groups is 1. The number of carbonyl (C=O) groups is 2. The standard InChI is InChI=1S/C25H31N3O5S/c1-5-32-20-11-10-17(14-21(20)33-6-2)12-13-26-24(30)22-16-23(29)28(3)25(34-22)27-18-8-7-9-19(15-18)31-4/h7-11,14-15,22H,5-6,12-13,16H2,1-4H3,(H,26,30). The molecule has 2 amide bonds. The Balaban J connectivity index is 1.61. The Kier molecular flexibility index (Phi) is 9.21. The summed E-state index contributed by atoms with van der Waals surface area (Å²) in [6, 6.07) is 13.0. The Morgan fingerprint density at radius 1 is 1.15 bits per heavy atom.